The quantitative estimate of drug-likeness (QED) is 0.771. The second-order valence-electron chi connectivity index (χ2n) is 4.90. The van der Waals surface area contributed by atoms with Crippen molar-refractivity contribution in [2.24, 2.45) is 0 Å². The summed E-state index contributed by atoms with van der Waals surface area (Å²) in [5.41, 5.74) is 2.98. The van der Waals surface area contributed by atoms with E-state index >= 15 is 0 Å². The van der Waals surface area contributed by atoms with Gasteiger partial charge in [0.2, 0.25) is 0 Å². The third-order valence-electron chi connectivity index (χ3n) is 3.59. The molecule has 1 nitrogen and oxygen atoms in total. The number of halogens is 1. The molecule has 1 unspecified atom stereocenters. The lowest BCUT2D eigenvalue weighted by atomic mass is 9.94. The molecule has 0 amide bonds. The Kier molecular flexibility index (Phi) is 3.03. The largest absolute Gasteiger partial charge is 0.374 e. The van der Waals surface area contributed by atoms with Gasteiger partial charge in [-0.25, -0.2) is 0 Å². The van der Waals surface area contributed by atoms with E-state index in [1.54, 1.807) is 0 Å². The van der Waals surface area contributed by atoms with Gasteiger partial charge in [-0.15, -0.1) is 0 Å². The average Bonchev–Trinajstić information content (AvgIpc) is 3.14. The van der Waals surface area contributed by atoms with Crippen molar-refractivity contribution >= 4 is 15.9 Å². The number of hydrogen-bond donors (Lipinski definition) is 0. The fourth-order valence-corrected chi connectivity index (χ4v) is 2.95. The standard InChI is InChI=1S/C14H17BrO/c15-11-6-7-12(13(9-11)10-4-5-10)14-3-1-2-8-16-14/h6-7,9-10,14H,1-5,8H2. The van der Waals surface area contributed by atoms with Crippen LogP contribution >= 0.6 is 15.9 Å². The molecule has 1 saturated heterocycles. The third-order valence-corrected chi connectivity index (χ3v) is 4.09. The zero-order chi connectivity index (χ0) is 11.0. The summed E-state index contributed by atoms with van der Waals surface area (Å²) in [5, 5.41) is 0. The fraction of sp³-hybridized carbons (Fsp3) is 0.571. The first-order chi connectivity index (χ1) is 7.84. The third kappa shape index (κ3) is 2.18. The Balaban J connectivity index is 1.91. The summed E-state index contributed by atoms with van der Waals surface area (Å²) in [6.07, 6.45) is 6.81. The molecule has 1 aromatic carbocycles. The minimum Gasteiger partial charge on any atom is -0.374 e. The Morgan fingerprint density at radius 2 is 1.94 bits per heavy atom. The molecule has 3 rings (SSSR count). The number of rotatable bonds is 2. The van der Waals surface area contributed by atoms with Crippen LogP contribution in [-0.4, -0.2) is 6.61 Å². The Morgan fingerprint density at radius 1 is 1.06 bits per heavy atom. The number of benzene rings is 1. The first kappa shape index (κ1) is 10.8. The van der Waals surface area contributed by atoms with Crippen LogP contribution in [0.25, 0.3) is 0 Å². The van der Waals surface area contributed by atoms with Crippen LogP contribution in [0.5, 0.6) is 0 Å². The van der Waals surface area contributed by atoms with Crippen molar-refractivity contribution in [3.05, 3.63) is 33.8 Å². The molecule has 1 heterocycles. The Hall–Kier alpha value is -0.340. The summed E-state index contributed by atoms with van der Waals surface area (Å²) >= 11 is 3.58. The van der Waals surface area contributed by atoms with Crippen molar-refractivity contribution in [2.45, 2.75) is 44.1 Å². The molecule has 0 aromatic heterocycles. The molecular formula is C14H17BrO. The monoisotopic (exact) mass is 280 g/mol. The van der Waals surface area contributed by atoms with E-state index in [0.717, 1.165) is 12.5 Å². The maximum Gasteiger partial charge on any atom is 0.0827 e. The Labute approximate surface area is 105 Å². The van der Waals surface area contributed by atoms with E-state index in [9.17, 15) is 0 Å². The molecule has 2 fully saturated rings. The summed E-state index contributed by atoms with van der Waals surface area (Å²) in [7, 11) is 0. The highest BCUT2D eigenvalue weighted by Gasteiger charge is 2.29. The SMILES string of the molecule is Brc1ccc(C2CCCCO2)c(C2CC2)c1. The van der Waals surface area contributed by atoms with Gasteiger partial charge in [0.05, 0.1) is 6.10 Å². The van der Waals surface area contributed by atoms with Crippen LogP contribution in [0.4, 0.5) is 0 Å². The Morgan fingerprint density at radius 3 is 2.62 bits per heavy atom. The van der Waals surface area contributed by atoms with Crippen LogP contribution < -0.4 is 0 Å². The normalized spacial score (nSPS) is 25.7. The highest BCUT2D eigenvalue weighted by atomic mass is 79.9. The molecule has 1 aliphatic carbocycles. The molecule has 0 spiro atoms. The van der Waals surface area contributed by atoms with Crippen molar-refractivity contribution in [1.29, 1.82) is 0 Å². The zero-order valence-electron chi connectivity index (χ0n) is 9.42. The van der Waals surface area contributed by atoms with Gasteiger partial charge in [-0.2, -0.15) is 0 Å². The van der Waals surface area contributed by atoms with Gasteiger partial charge in [-0.05, 0) is 61.3 Å². The molecule has 1 saturated carbocycles. The molecule has 0 N–H and O–H groups in total. The second-order valence-corrected chi connectivity index (χ2v) is 5.82. The van der Waals surface area contributed by atoms with Crippen LogP contribution in [0.3, 0.4) is 0 Å². The van der Waals surface area contributed by atoms with Crippen LogP contribution in [-0.2, 0) is 4.74 Å². The highest BCUT2D eigenvalue weighted by Crippen LogP contribution is 2.45. The molecule has 16 heavy (non-hydrogen) atoms. The van der Waals surface area contributed by atoms with Gasteiger partial charge in [0.25, 0.3) is 0 Å². The van der Waals surface area contributed by atoms with Crippen molar-refractivity contribution in [3.63, 3.8) is 0 Å². The Bertz CT molecular complexity index is 378. The van der Waals surface area contributed by atoms with E-state index in [1.807, 2.05) is 0 Å². The van der Waals surface area contributed by atoms with E-state index in [1.165, 1.54) is 47.7 Å². The van der Waals surface area contributed by atoms with E-state index in [2.05, 4.69) is 34.1 Å². The van der Waals surface area contributed by atoms with E-state index < -0.39 is 0 Å². The highest BCUT2D eigenvalue weighted by molar-refractivity contribution is 9.10. The van der Waals surface area contributed by atoms with Gasteiger partial charge in [-0.3, -0.25) is 0 Å². The predicted octanol–water partition coefficient (Wildman–Crippen LogP) is 4.57. The molecule has 1 aliphatic heterocycles. The maximum atomic E-state index is 5.91. The van der Waals surface area contributed by atoms with Crippen LogP contribution in [0.1, 0.15) is 55.3 Å². The molecule has 86 valence electrons. The topological polar surface area (TPSA) is 9.23 Å². The van der Waals surface area contributed by atoms with E-state index in [4.69, 9.17) is 4.74 Å². The molecular weight excluding hydrogens is 264 g/mol. The summed E-state index contributed by atoms with van der Waals surface area (Å²) in [5.74, 6) is 0.804. The number of hydrogen-bond acceptors (Lipinski definition) is 1. The van der Waals surface area contributed by atoms with Crippen LogP contribution in [0, 0.1) is 0 Å². The van der Waals surface area contributed by atoms with Gasteiger partial charge >= 0.3 is 0 Å². The maximum absolute atomic E-state index is 5.91. The summed E-state index contributed by atoms with van der Waals surface area (Å²) in [6.45, 7) is 0.935. The van der Waals surface area contributed by atoms with E-state index in [0.29, 0.717) is 6.10 Å². The molecule has 1 atom stereocenters. The molecule has 2 aliphatic rings. The van der Waals surface area contributed by atoms with Crippen molar-refractivity contribution in [2.75, 3.05) is 6.61 Å². The minimum absolute atomic E-state index is 0.359. The molecule has 2 heteroatoms. The predicted molar refractivity (Wildman–Crippen MR) is 68.7 cm³/mol. The molecule has 1 aromatic rings. The first-order valence-electron chi connectivity index (χ1n) is 6.25. The zero-order valence-corrected chi connectivity index (χ0v) is 11.0. The summed E-state index contributed by atoms with van der Waals surface area (Å²) in [4.78, 5) is 0. The van der Waals surface area contributed by atoms with Gasteiger partial charge in [0, 0.05) is 11.1 Å². The van der Waals surface area contributed by atoms with E-state index in [-0.39, 0.29) is 0 Å². The number of ether oxygens (including phenoxy) is 1. The van der Waals surface area contributed by atoms with Crippen LogP contribution in [0.2, 0.25) is 0 Å². The van der Waals surface area contributed by atoms with Gasteiger partial charge in [0.1, 0.15) is 0 Å². The lowest BCUT2D eigenvalue weighted by Gasteiger charge is -2.25. The summed E-state index contributed by atoms with van der Waals surface area (Å²) in [6, 6.07) is 6.71. The first-order valence-corrected chi connectivity index (χ1v) is 7.05. The molecule has 0 radical (unpaired) electrons. The van der Waals surface area contributed by atoms with Crippen molar-refractivity contribution < 1.29 is 4.74 Å². The van der Waals surface area contributed by atoms with Gasteiger partial charge in [0.15, 0.2) is 0 Å². The average molecular weight is 281 g/mol. The lowest BCUT2D eigenvalue weighted by molar-refractivity contribution is 0.0144. The van der Waals surface area contributed by atoms with Crippen LogP contribution in [0.15, 0.2) is 22.7 Å². The minimum atomic E-state index is 0.359. The molecule has 0 bridgehead atoms. The fourth-order valence-electron chi connectivity index (χ4n) is 2.57. The van der Waals surface area contributed by atoms with Crippen molar-refractivity contribution in [1.82, 2.24) is 0 Å². The van der Waals surface area contributed by atoms with Gasteiger partial charge in [-0.1, -0.05) is 22.0 Å². The summed E-state index contributed by atoms with van der Waals surface area (Å²) < 4.78 is 7.11. The van der Waals surface area contributed by atoms with Gasteiger partial charge < -0.3 is 4.74 Å². The smallest absolute Gasteiger partial charge is 0.0827 e. The lowest BCUT2D eigenvalue weighted by Crippen LogP contribution is -2.13. The van der Waals surface area contributed by atoms with Crippen molar-refractivity contribution in [3.8, 4) is 0 Å². The second kappa shape index (κ2) is 4.50.